The van der Waals surface area contributed by atoms with Crippen LogP contribution >= 0.6 is 12.4 Å². The highest BCUT2D eigenvalue weighted by atomic mass is 35.5. The lowest BCUT2D eigenvalue weighted by Crippen LogP contribution is -2.37. The molecule has 1 atom stereocenters. The fourth-order valence-corrected chi connectivity index (χ4v) is 2.06. The van der Waals surface area contributed by atoms with Crippen LogP contribution < -0.4 is 11.1 Å². The van der Waals surface area contributed by atoms with Crippen molar-refractivity contribution in [3.05, 3.63) is 0 Å². The Morgan fingerprint density at radius 3 is 2.44 bits per heavy atom. The van der Waals surface area contributed by atoms with E-state index in [-0.39, 0.29) is 24.2 Å². The molecule has 1 aliphatic carbocycles. The zero-order valence-corrected chi connectivity index (χ0v) is 11.2. The first kappa shape index (κ1) is 15.7. The molecule has 4 heteroatoms. The molecule has 16 heavy (non-hydrogen) atoms. The van der Waals surface area contributed by atoms with Gasteiger partial charge in [-0.15, -0.1) is 12.4 Å². The van der Waals surface area contributed by atoms with Gasteiger partial charge in [-0.3, -0.25) is 4.79 Å². The molecule has 0 aromatic rings. The molecule has 0 spiro atoms. The number of carbonyl (C=O) groups is 1. The second-order valence-corrected chi connectivity index (χ2v) is 5.01. The van der Waals surface area contributed by atoms with Crippen LogP contribution in [0.2, 0.25) is 0 Å². The van der Waals surface area contributed by atoms with Gasteiger partial charge in [-0.25, -0.2) is 0 Å². The number of rotatable bonds is 4. The quantitative estimate of drug-likeness (QED) is 0.799. The lowest BCUT2D eigenvalue weighted by atomic mass is 9.83. The summed E-state index contributed by atoms with van der Waals surface area (Å²) in [5, 5.41) is 3.00. The summed E-state index contributed by atoms with van der Waals surface area (Å²) in [6.45, 7) is 5.47. The zero-order chi connectivity index (χ0) is 11.3. The molecule has 0 heterocycles. The molecule has 0 aliphatic heterocycles. The van der Waals surface area contributed by atoms with Crippen molar-refractivity contribution in [1.82, 2.24) is 5.32 Å². The molecule has 1 rings (SSSR count). The third-order valence-corrected chi connectivity index (χ3v) is 3.50. The van der Waals surface area contributed by atoms with Crippen LogP contribution in [-0.2, 0) is 4.79 Å². The Kier molecular flexibility index (Phi) is 7.77. The van der Waals surface area contributed by atoms with Crippen LogP contribution in [0.1, 0.15) is 39.5 Å². The van der Waals surface area contributed by atoms with Crippen molar-refractivity contribution in [3.8, 4) is 0 Å². The van der Waals surface area contributed by atoms with Crippen LogP contribution in [0.5, 0.6) is 0 Å². The summed E-state index contributed by atoms with van der Waals surface area (Å²) in [6, 6.07) is 0. The molecule has 1 unspecified atom stereocenters. The summed E-state index contributed by atoms with van der Waals surface area (Å²) in [4.78, 5) is 11.5. The molecular weight excluding hydrogens is 224 g/mol. The van der Waals surface area contributed by atoms with E-state index in [1.54, 1.807) is 0 Å². The predicted molar refractivity (Wildman–Crippen MR) is 69.6 cm³/mol. The van der Waals surface area contributed by atoms with Gasteiger partial charge in [0.25, 0.3) is 0 Å². The second-order valence-electron chi connectivity index (χ2n) is 5.01. The number of hydrogen-bond donors (Lipinski definition) is 2. The Hall–Kier alpha value is -0.280. The smallest absolute Gasteiger partial charge is 0.224 e. The summed E-state index contributed by atoms with van der Waals surface area (Å²) in [5.74, 6) is 1.62. The fourth-order valence-electron chi connectivity index (χ4n) is 2.06. The van der Waals surface area contributed by atoms with Crippen molar-refractivity contribution in [2.45, 2.75) is 39.5 Å². The van der Waals surface area contributed by atoms with Gasteiger partial charge < -0.3 is 11.1 Å². The topological polar surface area (TPSA) is 55.1 Å². The summed E-state index contributed by atoms with van der Waals surface area (Å²) in [6.07, 6.45) is 5.15. The summed E-state index contributed by atoms with van der Waals surface area (Å²) in [5.41, 5.74) is 5.44. The highest BCUT2D eigenvalue weighted by Crippen LogP contribution is 2.27. The maximum Gasteiger partial charge on any atom is 0.224 e. The van der Waals surface area contributed by atoms with Gasteiger partial charge in [0.2, 0.25) is 5.91 Å². The normalized spacial score (nSPS) is 26.7. The first-order valence-corrected chi connectivity index (χ1v) is 6.11. The van der Waals surface area contributed by atoms with E-state index in [1.165, 1.54) is 25.7 Å². The largest absolute Gasteiger partial charge is 0.356 e. The van der Waals surface area contributed by atoms with Gasteiger partial charge in [0.15, 0.2) is 0 Å². The van der Waals surface area contributed by atoms with E-state index in [0.29, 0.717) is 12.5 Å². The lowest BCUT2D eigenvalue weighted by Gasteiger charge is -2.26. The van der Waals surface area contributed by atoms with Gasteiger partial charge in [-0.2, -0.15) is 0 Å². The highest BCUT2D eigenvalue weighted by Gasteiger charge is 2.19. The molecule has 3 N–H and O–H groups in total. The SMILES string of the molecule is CC1CCC(CNC(=O)C(C)CN)CC1.Cl. The highest BCUT2D eigenvalue weighted by molar-refractivity contribution is 5.85. The third kappa shape index (κ3) is 5.17. The maximum atomic E-state index is 11.5. The number of nitrogens with two attached hydrogens (primary N) is 1. The van der Waals surface area contributed by atoms with Crippen LogP contribution in [-0.4, -0.2) is 19.0 Å². The minimum Gasteiger partial charge on any atom is -0.356 e. The second kappa shape index (κ2) is 7.91. The Morgan fingerprint density at radius 1 is 1.38 bits per heavy atom. The molecule has 0 saturated heterocycles. The number of nitrogens with one attached hydrogen (secondary N) is 1. The minimum atomic E-state index is -0.0486. The van der Waals surface area contributed by atoms with Crippen LogP contribution in [0.25, 0.3) is 0 Å². The van der Waals surface area contributed by atoms with Crippen LogP contribution in [0, 0.1) is 17.8 Å². The predicted octanol–water partition coefficient (Wildman–Crippen LogP) is 1.95. The van der Waals surface area contributed by atoms with Crippen molar-refractivity contribution in [2.75, 3.05) is 13.1 Å². The number of halogens is 1. The Labute approximate surface area is 105 Å². The monoisotopic (exact) mass is 248 g/mol. The molecule has 3 nitrogen and oxygen atoms in total. The Morgan fingerprint density at radius 2 is 1.94 bits per heavy atom. The zero-order valence-electron chi connectivity index (χ0n) is 10.4. The number of carbonyl (C=O) groups excluding carboxylic acids is 1. The molecule has 0 bridgehead atoms. The van der Waals surface area contributed by atoms with E-state index in [9.17, 15) is 4.79 Å². The van der Waals surface area contributed by atoms with Gasteiger partial charge in [0, 0.05) is 19.0 Å². The van der Waals surface area contributed by atoms with E-state index in [4.69, 9.17) is 5.73 Å². The molecule has 1 aliphatic rings. The Balaban J connectivity index is 0.00000225. The molecule has 96 valence electrons. The summed E-state index contributed by atoms with van der Waals surface area (Å²) in [7, 11) is 0. The molecule has 1 saturated carbocycles. The first-order chi connectivity index (χ1) is 7.13. The van der Waals surface area contributed by atoms with E-state index in [0.717, 1.165) is 12.5 Å². The van der Waals surface area contributed by atoms with Crippen LogP contribution in [0.15, 0.2) is 0 Å². The standard InChI is InChI=1S/C12H24N2O.ClH/c1-9-3-5-11(6-4-9)8-14-12(15)10(2)7-13;/h9-11H,3-8,13H2,1-2H3,(H,14,15);1H. The van der Waals surface area contributed by atoms with Crippen LogP contribution in [0.4, 0.5) is 0 Å². The van der Waals surface area contributed by atoms with Crippen molar-refractivity contribution < 1.29 is 4.79 Å². The summed E-state index contributed by atoms with van der Waals surface area (Å²) >= 11 is 0. The van der Waals surface area contributed by atoms with Gasteiger partial charge in [-0.1, -0.05) is 26.7 Å². The Bertz CT molecular complexity index is 203. The third-order valence-electron chi connectivity index (χ3n) is 3.50. The van der Waals surface area contributed by atoms with Gasteiger partial charge in [0.1, 0.15) is 0 Å². The maximum absolute atomic E-state index is 11.5. The van der Waals surface area contributed by atoms with E-state index in [2.05, 4.69) is 12.2 Å². The van der Waals surface area contributed by atoms with Gasteiger partial charge in [0.05, 0.1) is 0 Å². The fraction of sp³-hybridized carbons (Fsp3) is 0.917. The molecule has 1 amide bonds. The van der Waals surface area contributed by atoms with Crippen LogP contribution in [0.3, 0.4) is 0 Å². The van der Waals surface area contributed by atoms with Gasteiger partial charge in [-0.05, 0) is 24.7 Å². The minimum absolute atomic E-state index is 0. The number of amides is 1. The summed E-state index contributed by atoms with van der Waals surface area (Å²) < 4.78 is 0. The van der Waals surface area contributed by atoms with Crippen molar-refractivity contribution in [3.63, 3.8) is 0 Å². The number of hydrogen-bond acceptors (Lipinski definition) is 2. The van der Waals surface area contributed by atoms with Gasteiger partial charge >= 0.3 is 0 Å². The molecule has 0 aromatic carbocycles. The first-order valence-electron chi connectivity index (χ1n) is 6.11. The molecule has 0 radical (unpaired) electrons. The molecule has 1 fully saturated rings. The average Bonchev–Trinajstić information content (AvgIpc) is 2.26. The van der Waals surface area contributed by atoms with E-state index in [1.807, 2.05) is 6.92 Å². The van der Waals surface area contributed by atoms with E-state index < -0.39 is 0 Å². The van der Waals surface area contributed by atoms with Crippen molar-refractivity contribution in [2.24, 2.45) is 23.5 Å². The molecule has 0 aromatic heterocycles. The van der Waals surface area contributed by atoms with Crippen molar-refractivity contribution in [1.29, 1.82) is 0 Å². The average molecular weight is 249 g/mol. The molecular formula is C12H25ClN2O. The lowest BCUT2D eigenvalue weighted by molar-refractivity contribution is -0.124. The van der Waals surface area contributed by atoms with Crippen molar-refractivity contribution >= 4 is 18.3 Å². The van der Waals surface area contributed by atoms with E-state index >= 15 is 0 Å².